The quantitative estimate of drug-likeness (QED) is 0.793. The van der Waals surface area contributed by atoms with Crippen molar-refractivity contribution < 1.29 is 4.42 Å². The van der Waals surface area contributed by atoms with Gasteiger partial charge in [0.1, 0.15) is 17.9 Å². The van der Waals surface area contributed by atoms with Crippen LogP contribution in [0.15, 0.2) is 10.7 Å². The van der Waals surface area contributed by atoms with Crippen LogP contribution in [-0.2, 0) is 6.54 Å². The fourth-order valence-corrected chi connectivity index (χ4v) is 1.57. The molecular formula is C11H17N5O. The van der Waals surface area contributed by atoms with E-state index in [4.69, 9.17) is 4.42 Å². The molecule has 0 aromatic carbocycles. The van der Waals surface area contributed by atoms with Crippen LogP contribution in [0.2, 0.25) is 0 Å². The molecule has 0 spiro atoms. The van der Waals surface area contributed by atoms with Crippen LogP contribution in [-0.4, -0.2) is 26.3 Å². The predicted octanol–water partition coefficient (Wildman–Crippen LogP) is 1.37. The molecule has 2 heterocycles. The summed E-state index contributed by atoms with van der Waals surface area (Å²) in [6.07, 6.45) is 2.75. The van der Waals surface area contributed by atoms with Crippen molar-refractivity contribution in [1.29, 1.82) is 0 Å². The summed E-state index contributed by atoms with van der Waals surface area (Å²) in [5.41, 5.74) is 0.876. The van der Waals surface area contributed by atoms with Gasteiger partial charge in [0, 0.05) is 6.54 Å². The fraction of sp³-hybridized carbons (Fsp3) is 0.545. The third-order valence-corrected chi connectivity index (χ3v) is 2.33. The van der Waals surface area contributed by atoms with Gasteiger partial charge in [-0.25, -0.2) is 4.98 Å². The first-order valence-electron chi connectivity index (χ1n) is 5.76. The van der Waals surface area contributed by atoms with E-state index in [9.17, 15) is 0 Å². The van der Waals surface area contributed by atoms with Crippen LogP contribution in [0.1, 0.15) is 30.7 Å². The van der Waals surface area contributed by atoms with Crippen molar-refractivity contribution >= 4 is 0 Å². The Kier molecular flexibility index (Phi) is 3.53. The van der Waals surface area contributed by atoms with Crippen LogP contribution in [0.25, 0.3) is 6.01 Å². The monoisotopic (exact) mass is 235 g/mol. The lowest BCUT2D eigenvalue weighted by molar-refractivity contribution is 0.503. The van der Waals surface area contributed by atoms with Crippen LogP contribution in [0.4, 0.5) is 0 Å². The van der Waals surface area contributed by atoms with E-state index in [0.29, 0.717) is 18.4 Å². The number of oxazole rings is 1. The van der Waals surface area contributed by atoms with Crippen molar-refractivity contribution in [1.82, 2.24) is 25.1 Å². The third-order valence-electron chi connectivity index (χ3n) is 2.33. The lowest BCUT2D eigenvalue weighted by Gasteiger charge is -1.97. The van der Waals surface area contributed by atoms with E-state index in [0.717, 1.165) is 24.5 Å². The Morgan fingerprint density at radius 3 is 2.82 bits per heavy atom. The maximum absolute atomic E-state index is 5.38. The number of aromatic nitrogens is 4. The third kappa shape index (κ3) is 2.71. The highest BCUT2D eigenvalue weighted by atomic mass is 16.4. The Labute approximate surface area is 100 Å². The molecule has 0 aliphatic carbocycles. The Morgan fingerprint density at radius 1 is 1.35 bits per heavy atom. The normalized spacial score (nSPS) is 11.0. The van der Waals surface area contributed by atoms with Gasteiger partial charge in [0.15, 0.2) is 0 Å². The Balaban J connectivity index is 2.10. The zero-order chi connectivity index (χ0) is 12.3. The van der Waals surface area contributed by atoms with Crippen LogP contribution < -0.4 is 5.32 Å². The molecule has 0 bridgehead atoms. The summed E-state index contributed by atoms with van der Waals surface area (Å²) in [6.45, 7) is 7.53. The lowest BCUT2D eigenvalue weighted by Crippen LogP contribution is -2.14. The maximum Gasteiger partial charge on any atom is 0.324 e. The zero-order valence-electron chi connectivity index (χ0n) is 10.4. The van der Waals surface area contributed by atoms with Crippen LogP contribution in [0.5, 0.6) is 0 Å². The molecule has 0 unspecified atom stereocenters. The van der Waals surface area contributed by atoms with Crippen molar-refractivity contribution in [3.8, 4) is 6.01 Å². The van der Waals surface area contributed by atoms with E-state index in [2.05, 4.69) is 27.3 Å². The van der Waals surface area contributed by atoms with E-state index in [1.54, 1.807) is 10.9 Å². The molecule has 0 fully saturated rings. The molecule has 1 N–H and O–H groups in total. The average molecular weight is 235 g/mol. The van der Waals surface area contributed by atoms with Crippen LogP contribution in [0, 0.1) is 13.8 Å². The number of rotatable bonds is 5. The Hall–Kier alpha value is -1.69. The molecule has 0 atom stereocenters. The molecule has 0 saturated carbocycles. The highest BCUT2D eigenvalue weighted by Gasteiger charge is 2.10. The summed E-state index contributed by atoms with van der Waals surface area (Å²) in [6, 6.07) is 0.469. The van der Waals surface area contributed by atoms with Gasteiger partial charge < -0.3 is 9.73 Å². The van der Waals surface area contributed by atoms with Gasteiger partial charge in [-0.3, -0.25) is 0 Å². The van der Waals surface area contributed by atoms with Gasteiger partial charge in [0.05, 0.1) is 5.69 Å². The zero-order valence-corrected chi connectivity index (χ0v) is 10.4. The molecule has 2 aromatic rings. The molecular weight excluding hydrogens is 218 g/mol. The number of hydrogen-bond donors (Lipinski definition) is 1. The first kappa shape index (κ1) is 11.8. The Bertz CT molecular complexity index is 488. The fourth-order valence-electron chi connectivity index (χ4n) is 1.57. The van der Waals surface area contributed by atoms with Gasteiger partial charge in [-0.15, -0.1) is 5.10 Å². The molecule has 0 amide bonds. The molecule has 17 heavy (non-hydrogen) atoms. The van der Waals surface area contributed by atoms with Crippen molar-refractivity contribution in [2.24, 2.45) is 0 Å². The van der Waals surface area contributed by atoms with E-state index in [1.165, 1.54) is 0 Å². The highest BCUT2D eigenvalue weighted by Crippen LogP contribution is 2.09. The van der Waals surface area contributed by atoms with Gasteiger partial charge in [-0.05, 0) is 26.8 Å². The topological polar surface area (TPSA) is 68.8 Å². The molecule has 2 rings (SSSR count). The van der Waals surface area contributed by atoms with E-state index in [-0.39, 0.29) is 0 Å². The second-order valence-corrected chi connectivity index (χ2v) is 3.92. The summed E-state index contributed by atoms with van der Waals surface area (Å²) in [4.78, 5) is 8.57. The molecule has 92 valence electrons. The number of nitrogens with one attached hydrogen (secondary N) is 1. The molecule has 2 aromatic heterocycles. The SMILES string of the molecule is CCCNCc1coc(-n2nc(C)nc2C)n1. The Morgan fingerprint density at radius 2 is 2.18 bits per heavy atom. The smallest absolute Gasteiger partial charge is 0.324 e. The number of aryl methyl sites for hydroxylation is 2. The first-order chi connectivity index (χ1) is 8.20. The molecule has 0 radical (unpaired) electrons. The van der Waals surface area contributed by atoms with Crippen molar-refractivity contribution in [3.05, 3.63) is 23.6 Å². The predicted molar refractivity (Wildman–Crippen MR) is 62.9 cm³/mol. The van der Waals surface area contributed by atoms with E-state index >= 15 is 0 Å². The van der Waals surface area contributed by atoms with Gasteiger partial charge in [-0.1, -0.05) is 6.92 Å². The van der Waals surface area contributed by atoms with E-state index < -0.39 is 0 Å². The van der Waals surface area contributed by atoms with Crippen LogP contribution >= 0.6 is 0 Å². The molecule has 0 saturated heterocycles. The van der Waals surface area contributed by atoms with Crippen molar-refractivity contribution in [2.45, 2.75) is 33.7 Å². The largest absolute Gasteiger partial charge is 0.430 e. The molecule has 6 heteroatoms. The minimum absolute atomic E-state index is 0.469. The van der Waals surface area contributed by atoms with Crippen molar-refractivity contribution in [2.75, 3.05) is 6.54 Å². The van der Waals surface area contributed by atoms with Gasteiger partial charge in [0.25, 0.3) is 0 Å². The summed E-state index contributed by atoms with van der Waals surface area (Å²) < 4.78 is 6.99. The summed E-state index contributed by atoms with van der Waals surface area (Å²) in [5, 5.41) is 7.49. The van der Waals surface area contributed by atoms with Gasteiger partial charge >= 0.3 is 6.01 Å². The molecule has 0 aliphatic rings. The summed E-state index contributed by atoms with van der Waals surface area (Å²) in [7, 11) is 0. The standard InChI is InChI=1S/C11H17N5O/c1-4-5-12-6-10-7-17-11(14-10)16-9(3)13-8(2)15-16/h7,12H,4-6H2,1-3H3. The van der Waals surface area contributed by atoms with Crippen LogP contribution in [0.3, 0.4) is 0 Å². The lowest BCUT2D eigenvalue weighted by atomic mass is 10.4. The minimum atomic E-state index is 0.469. The first-order valence-corrected chi connectivity index (χ1v) is 5.76. The second kappa shape index (κ2) is 5.09. The van der Waals surface area contributed by atoms with Gasteiger partial charge in [0.2, 0.25) is 0 Å². The molecule has 6 nitrogen and oxygen atoms in total. The van der Waals surface area contributed by atoms with Gasteiger partial charge in [-0.2, -0.15) is 9.67 Å². The highest BCUT2D eigenvalue weighted by molar-refractivity contribution is 5.11. The molecule has 0 aliphatic heterocycles. The summed E-state index contributed by atoms with van der Waals surface area (Å²) in [5.74, 6) is 1.49. The summed E-state index contributed by atoms with van der Waals surface area (Å²) >= 11 is 0. The maximum atomic E-state index is 5.38. The second-order valence-electron chi connectivity index (χ2n) is 3.92. The van der Waals surface area contributed by atoms with E-state index in [1.807, 2.05) is 13.8 Å². The number of hydrogen-bond acceptors (Lipinski definition) is 5. The average Bonchev–Trinajstić information content (AvgIpc) is 2.86. The minimum Gasteiger partial charge on any atom is -0.430 e. The number of nitrogens with zero attached hydrogens (tertiary/aromatic N) is 4. The van der Waals surface area contributed by atoms with Crippen molar-refractivity contribution in [3.63, 3.8) is 0 Å².